The average Bonchev–Trinajstić information content (AvgIpc) is 2.42. The fourth-order valence-corrected chi connectivity index (χ4v) is 2.92. The lowest BCUT2D eigenvalue weighted by Gasteiger charge is -2.09. The van der Waals surface area contributed by atoms with Gasteiger partial charge < -0.3 is 0 Å². The van der Waals surface area contributed by atoms with Gasteiger partial charge >= 0.3 is 0 Å². The minimum atomic E-state index is -4.05. The Balaban J connectivity index is 2.47. The van der Waals surface area contributed by atoms with Crippen molar-refractivity contribution >= 4 is 33.0 Å². The van der Waals surface area contributed by atoms with Gasteiger partial charge in [-0.05, 0) is 25.1 Å². The molecule has 22 heavy (non-hydrogen) atoms. The van der Waals surface area contributed by atoms with E-state index in [4.69, 9.17) is 11.6 Å². The zero-order chi connectivity index (χ0) is 16.5. The van der Waals surface area contributed by atoms with Gasteiger partial charge in [-0.3, -0.25) is 14.8 Å². The molecule has 0 amide bonds. The second-order valence-electron chi connectivity index (χ2n) is 4.46. The highest BCUT2D eigenvalue weighted by atomic mass is 35.5. The van der Waals surface area contributed by atoms with Gasteiger partial charge in [0.15, 0.2) is 0 Å². The quantitative estimate of drug-likeness (QED) is 0.679. The monoisotopic (exact) mass is 344 g/mol. The highest BCUT2D eigenvalue weighted by molar-refractivity contribution is 7.92. The van der Waals surface area contributed by atoms with Gasteiger partial charge in [-0.1, -0.05) is 29.3 Å². The molecule has 2 rings (SSSR count). The zero-order valence-corrected chi connectivity index (χ0v) is 12.8. The van der Waals surface area contributed by atoms with Gasteiger partial charge in [0.1, 0.15) is 11.5 Å². The van der Waals surface area contributed by atoms with Crippen molar-refractivity contribution in [3.05, 3.63) is 62.9 Å². The lowest BCUT2D eigenvalue weighted by molar-refractivity contribution is -0.384. The second kappa shape index (κ2) is 5.90. The number of sulfonamides is 1. The summed E-state index contributed by atoms with van der Waals surface area (Å²) in [6.07, 6.45) is 0. The van der Waals surface area contributed by atoms with Crippen LogP contribution in [0.5, 0.6) is 0 Å². The maximum Gasteiger partial charge on any atom is 0.296 e. The Bertz CT molecular complexity index is 838. The van der Waals surface area contributed by atoms with E-state index in [9.17, 15) is 22.9 Å². The van der Waals surface area contributed by atoms with Gasteiger partial charge in [0.05, 0.1) is 20.9 Å². The predicted octanol–water partition coefficient (Wildman–Crippen LogP) is 3.50. The van der Waals surface area contributed by atoms with Crippen LogP contribution in [0, 0.1) is 22.9 Å². The summed E-state index contributed by atoms with van der Waals surface area (Å²) in [6.45, 7) is 1.79. The Kier molecular flexibility index (Phi) is 4.34. The predicted molar refractivity (Wildman–Crippen MR) is 80.1 cm³/mol. The van der Waals surface area contributed by atoms with Gasteiger partial charge in [0.2, 0.25) is 0 Å². The van der Waals surface area contributed by atoms with E-state index in [2.05, 4.69) is 4.72 Å². The summed E-state index contributed by atoms with van der Waals surface area (Å²) in [4.78, 5) is 9.94. The van der Waals surface area contributed by atoms with Gasteiger partial charge in [0.25, 0.3) is 15.7 Å². The highest BCUT2D eigenvalue weighted by Crippen LogP contribution is 2.31. The summed E-state index contributed by atoms with van der Waals surface area (Å²) in [5.74, 6) is -1.01. The first-order chi connectivity index (χ1) is 10.2. The number of hydrogen-bond donors (Lipinski definition) is 1. The van der Waals surface area contributed by atoms with E-state index in [1.54, 1.807) is 19.1 Å². The number of benzene rings is 2. The van der Waals surface area contributed by atoms with Crippen LogP contribution in [0.2, 0.25) is 5.02 Å². The summed E-state index contributed by atoms with van der Waals surface area (Å²) in [7, 11) is -4.05. The van der Waals surface area contributed by atoms with Crippen LogP contribution in [-0.4, -0.2) is 13.3 Å². The third-order valence-corrected chi connectivity index (χ3v) is 4.48. The van der Waals surface area contributed by atoms with E-state index in [0.29, 0.717) is 6.07 Å². The first-order valence-electron chi connectivity index (χ1n) is 5.93. The van der Waals surface area contributed by atoms with E-state index >= 15 is 0 Å². The van der Waals surface area contributed by atoms with Crippen LogP contribution in [0.15, 0.2) is 41.3 Å². The molecule has 0 spiro atoms. The Morgan fingerprint density at radius 1 is 1.23 bits per heavy atom. The Morgan fingerprint density at radius 3 is 2.36 bits per heavy atom. The van der Waals surface area contributed by atoms with Crippen molar-refractivity contribution in [1.29, 1.82) is 0 Å². The molecule has 2 aromatic carbocycles. The fraction of sp³-hybridized carbons (Fsp3) is 0.0769. The number of anilines is 1. The molecule has 9 heteroatoms. The minimum Gasteiger partial charge on any atom is -0.273 e. The van der Waals surface area contributed by atoms with Crippen LogP contribution in [0.4, 0.5) is 15.8 Å². The maximum atomic E-state index is 13.3. The van der Waals surface area contributed by atoms with Gasteiger partial charge in [0, 0.05) is 0 Å². The number of halogens is 2. The van der Waals surface area contributed by atoms with Crippen molar-refractivity contribution in [3.8, 4) is 0 Å². The fourth-order valence-electron chi connectivity index (χ4n) is 1.69. The summed E-state index contributed by atoms with van der Waals surface area (Å²) >= 11 is 5.55. The lowest BCUT2D eigenvalue weighted by Crippen LogP contribution is -2.14. The molecule has 0 radical (unpaired) electrons. The van der Waals surface area contributed by atoms with Crippen LogP contribution in [-0.2, 0) is 10.0 Å². The topological polar surface area (TPSA) is 89.3 Å². The summed E-state index contributed by atoms with van der Waals surface area (Å²) in [6, 6.07) is 7.31. The lowest BCUT2D eigenvalue weighted by atomic mass is 10.2. The van der Waals surface area contributed by atoms with Crippen LogP contribution < -0.4 is 4.72 Å². The largest absolute Gasteiger partial charge is 0.296 e. The Hall–Kier alpha value is -2.19. The molecule has 0 bridgehead atoms. The molecule has 0 aliphatic rings. The molecule has 2 aromatic rings. The normalized spacial score (nSPS) is 11.2. The van der Waals surface area contributed by atoms with E-state index in [1.165, 1.54) is 12.1 Å². The van der Waals surface area contributed by atoms with Crippen LogP contribution in [0.25, 0.3) is 0 Å². The van der Waals surface area contributed by atoms with Gasteiger partial charge in [-0.15, -0.1) is 0 Å². The number of nitrogens with zero attached hydrogens (tertiary/aromatic N) is 1. The second-order valence-corrected chi connectivity index (χ2v) is 6.55. The van der Waals surface area contributed by atoms with Crippen LogP contribution in [0.3, 0.4) is 0 Å². The van der Waals surface area contributed by atoms with Crippen LogP contribution in [0.1, 0.15) is 5.56 Å². The number of nitro groups is 1. The minimum absolute atomic E-state index is 0.0761. The standard InChI is InChI=1S/C13H10ClFN2O4S/c1-8-2-4-9(5-3-8)22(20,21)16-12-6-10(14)11(15)7-13(12)17(18)19/h2-7,16H,1H3. The summed E-state index contributed by atoms with van der Waals surface area (Å²) in [5, 5.41) is 10.5. The van der Waals surface area contributed by atoms with Crippen molar-refractivity contribution in [2.45, 2.75) is 11.8 Å². The highest BCUT2D eigenvalue weighted by Gasteiger charge is 2.23. The number of nitro benzene ring substituents is 1. The Morgan fingerprint density at radius 2 is 1.82 bits per heavy atom. The van der Waals surface area contributed by atoms with E-state index < -0.39 is 37.2 Å². The van der Waals surface area contributed by atoms with E-state index in [0.717, 1.165) is 11.6 Å². The van der Waals surface area contributed by atoms with Crippen molar-refractivity contribution in [2.24, 2.45) is 0 Å². The Labute approximate surface area is 130 Å². The van der Waals surface area contributed by atoms with Crippen molar-refractivity contribution in [1.82, 2.24) is 0 Å². The summed E-state index contributed by atoms with van der Waals surface area (Å²) in [5.41, 5.74) is -0.274. The van der Waals surface area contributed by atoms with Gasteiger partial charge in [-0.25, -0.2) is 12.8 Å². The molecule has 0 aromatic heterocycles. The molecule has 6 nitrogen and oxygen atoms in total. The van der Waals surface area contributed by atoms with Gasteiger partial charge in [-0.2, -0.15) is 0 Å². The zero-order valence-electron chi connectivity index (χ0n) is 11.2. The molecule has 0 saturated heterocycles. The van der Waals surface area contributed by atoms with Crippen molar-refractivity contribution < 1.29 is 17.7 Å². The number of rotatable bonds is 4. The van der Waals surface area contributed by atoms with Crippen LogP contribution >= 0.6 is 11.6 Å². The molecule has 0 aliphatic carbocycles. The molecular formula is C13H10ClFN2O4S. The van der Waals surface area contributed by atoms with Crippen molar-refractivity contribution in [2.75, 3.05) is 4.72 Å². The number of hydrogen-bond acceptors (Lipinski definition) is 4. The first-order valence-corrected chi connectivity index (χ1v) is 7.80. The van der Waals surface area contributed by atoms with Crippen molar-refractivity contribution in [3.63, 3.8) is 0 Å². The summed E-state index contributed by atoms with van der Waals surface area (Å²) < 4.78 is 39.8. The molecular weight excluding hydrogens is 335 g/mol. The van der Waals surface area contributed by atoms with E-state index in [1.807, 2.05) is 0 Å². The molecule has 0 aliphatic heterocycles. The third-order valence-electron chi connectivity index (χ3n) is 2.81. The first kappa shape index (κ1) is 16.2. The molecule has 0 fully saturated rings. The number of nitrogens with one attached hydrogen (secondary N) is 1. The molecule has 0 heterocycles. The molecule has 0 unspecified atom stereocenters. The number of aryl methyl sites for hydroxylation is 1. The smallest absolute Gasteiger partial charge is 0.273 e. The maximum absolute atomic E-state index is 13.3. The third kappa shape index (κ3) is 3.34. The molecule has 116 valence electrons. The van der Waals surface area contributed by atoms with E-state index in [-0.39, 0.29) is 4.90 Å². The SMILES string of the molecule is Cc1ccc(S(=O)(=O)Nc2cc(Cl)c(F)cc2[N+](=O)[O-])cc1. The molecule has 1 N–H and O–H groups in total. The molecule has 0 atom stereocenters. The molecule has 0 saturated carbocycles. The average molecular weight is 345 g/mol.